The molecule has 0 radical (unpaired) electrons. The highest BCUT2D eigenvalue weighted by molar-refractivity contribution is 6.19. The molecule has 0 aliphatic carbocycles. The van der Waals surface area contributed by atoms with Gasteiger partial charge in [0.25, 0.3) is 0 Å². The van der Waals surface area contributed by atoms with Crippen LogP contribution in [0.15, 0.2) is 23.8 Å². The molecule has 76 valence electrons. The fourth-order valence-corrected chi connectivity index (χ4v) is 1.76. The van der Waals surface area contributed by atoms with Gasteiger partial charge in [0.1, 0.15) is 0 Å². The lowest BCUT2D eigenvalue weighted by Crippen LogP contribution is -1.89. The minimum Gasteiger partial charge on any atom is -0.122 e. The Hall–Kier alpha value is -0.750. The summed E-state index contributed by atoms with van der Waals surface area (Å²) in [7, 11) is 0. The van der Waals surface area contributed by atoms with Gasteiger partial charge in [-0.05, 0) is 37.0 Å². The van der Waals surface area contributed by atoms with Gasteiger partial charge in [-0.3, -0.25) is 0 Å². The zero-order valence-electron chi connectivity index (χ0n) is 9.10. The van der Waals surface area contributed by atoms with Crippen LogP contribution in [0.25, 0.3) is 6.08 Å². The van der Waals surface area contributed by atoms with Gasteiger partial charge in [0, 0.05) is 5.88 Å². The lowest BCUT2D eigenvalue weighted by Gasteiger charge is -2.06. The van der Waals surface area contributed by atoms with E-state index in [-0.39, 0.29) is 0 Å². The Morgan fingerprint density at radius 1 is 1.29 bits per heavy atom. The van der Waals surface area contributed by atoms with Crippen LogP contribution in [0.2, 0.25) is 0 Å². The van der Waals surface area contributed by atoms with Gasteiger partial charge < -0.3 is 0 Å². The Bertz CT molecular complexity index is 311. The van der Waals surface area contributed by atoms with Crippen LogP contribution in [-0.4, -0.2) is 5.88 Å². The number of halogens is 1. The first-order valence-electron chi connectivity index (χ1n) is 5.00. The zero-order chi connectivity index (χ0) is 10.6. The number of benzene rings is 1. The summed E-state index contributed by atoms with van der Waals surface area (Å²) in [5.41, 5.74) is 5.26. The van der Waals surface area contributed by atoms with E-state index in [9.17, 15) is 0 Å². The molecule has 0 saturated carbocycles. The quantitative estimate of drug-likeness (QED) is 0.649. The molecule has 0 amide bonds. The van der Waals surface area contributed by atoms with Crippen LogP contribution in [0.1, 0.15) is 30.0 Å². The van der Waals surface area contributed by atoms with Crippen molar-refractivity contribution >= 4 is 17.7 Å². The van der Waals surface area contributed by atoms with Crippen molar-refractivity contribution in [2.75, 3.05) is 5.88 Å². The van der Waals surface area contributed by atoms with Crippen LogP contribution in [-0.2, 0) is 0 Å². The zero-order valence-corrected chi connectivity index (χ0v) is 9.86. The molecule has 0 fully saturated rings. The minimum atomic E-state index is 0.629. The molecule has 0 aliphatic heterocycles. The van der Waals surface area contributed by atoms with Gasteiger partial charge in [-0.2, -0.15) is 0 Å². The molecule has 0 heterocycles. The predicted octanol–water partition coefficient (Wildman–Crippen LogP) is 4.34. The molecular formula is C13H17Cl. The monoisotopic (exact) mass is 208 g/mol. The molecule has 0 bridgehead atoms. The molecule has 0 aromatic heterocycles. The van der Waals surface area contributed by atoms with Crippen molar-refractivity contribution in [1.82, 2.24) is 0 Å². The SMILES string of the molecule is CC/C(=C/c1c(C)cccc1C)CCl. The third kappa shape index (κ3) is 2.62. The van der Waals surface area contributed by atoms with Crippen molar-refractivity contribution in [2.45, 2.75) is 27.2 Å². The van der Waals surface area contributed by atoms with Crippen LogP contribution in [0.4, 0.5) is 0 Å². The smallest absolute Gasteiger partial charge is 0.0436 e. The first-order chi connectivity index (χ1) is 6.69. The summed E-state index contributed by atoms with van der Waals surface area (Å²) in [6.07, 6.45) is 3.24. The highest BCUT2D eigenvalue weighted by Crippen LogP contribution is 2.18. The highest BCUT2D eigenvalue weighted by atomic mass is 35.5. The number of hydrogen-bond acceptors (Lipinski definition) is 0. The van der Waals surface area contributed by atoms with E-state index >= 15 is 0 Å². The maximum Gasteiger partial charge on any atom is 0.0436 e. The number of aryl methyl sites for hydroxylation is 2. The number of allylic oxidation sites excluding steroid dienone is 1. The molecule has 0 aliphatic rings. The second-order valence-corrected chi connectivity index (χ2v) is 3.86. The van der Waals surface area contributed by atoms with E-state index in [0.29, 0.717) is 5.88 Å². The molecule has 1 heteroatoms. The third-order valence-electron chi connectivity index (χ3n) is 2.52. The molecule has 0 unspecified atom stereocenters. The Morgan fingerprint density at radius 2 is 1.86 bits per heavy atom. The number of alkyl halides is 1. The second kappa shape index (κ2) is 5.21. The van der Waals surface area contributed by atoms with Crippen molar-refractivity contribution < 1.29 is 0 Å². The normalized spacial score (nSPS) is 11.9. The Kier molecular flexibility index (Phi) is 4.21. The molecule has 14 heavy (non-hydrogen) atoms. The third-order valence-corrected chi connectivity index (χ3v) is 2.86. The van der Waals surface area contributed by atoms with E-state index in [1.165, 1.54) is 22.3 Å². The first kappa shape index (κ1) is 11.3. The van der Waals surface area contributed by atoms with Crippen LogP contribution in [0, 0.1) is 13.8 Å². The summed E-state index contributed by atoms with van der Waals surface area (Å²) < 4.78 is 0. The van der Waals surface area contributed by atoms with E-state index in [0.717, 1.165) is 6.42 Å². The minimum absolute atomic E-state index is 0.629. The van der Waals surface area contributed by atoms with Gasteiger partial charge in [-0.25, -0.2) is 0 Å². The summed E-state index contributed by atoms with van der Waals surface area (Å²) >= 11 is 5.85. The fourth-order valence-electron chi connectivity index (χ4n) is 1.49. The summed E-state index contributed by atoms with van der Waals surface area (Å²) in [4.78, 5) is 0. The molecule has 0 atom stereocenters. The standard InChI is InChI=1S/C13H17Cl/c1-4-12(9-14)8-13-10(2)6-5-7-11(13)3/h5-8H,4,9H2,1-3H3/b12-8-. The van der Waals surface area contributed by atoms with E-state index < -0.39 is 0 Å². The molecule has 0 saturated heterocycles. The van der Waals surface area contributed by atoms with E-state index in [2.05, 4.69) is 45.0 Å². The van der Waals surface area contributed by atoms with Crippen molar-refractivity contribution in [2.24, 2.45) is 0 Å². The lowest BCUT2D eigenvalue weighted by atomic mass is 10.0. The number of hydrogen-bond donors (Lipinski definition) is 0. The summed E-state index contributed by atoms with van der Waals surface area (Å²) in [6.45, 7) is 6.42. The van der Waals surface area contributed by atoms with Crippen molar-refractivity contribution in [1.29, 1.82) is 0 Å². The number of rotatable bonds is 3. The second-order valence-electron chi connectivity index (χ2n) is 3.60. The average molecular weight is 209 g/mol. The predicted molar refractivity (Wildman–Crippen MR) is 64.9 cm³/mol. The summed E-state index contributed by atoms with van der Waals surface area (Å²) in [5, 5.41) is 0. The maximum absolute atomic E-state index is 5.85. The highest BCUT2D eigenvalue weighted by Gasteiger charge is 2.00. The Labute approximate surface area is 91.6 Å². The van der Waals surface area contributed by atoms with Crippen molar-refractivity contribution in [3.8, 4) is 0 Å². The van der Waals surface area contributed by atoms with E-state index in [4.69, 9.17) is 11.6 Å². The van der Waals surface area contributed by atoms with Crippen LogP contribution in [0.3, 0.4) is 0 Å². The first-order valence-corrected chi connectivity index (χ1v) is 5.54. The molecule has 0 spiro atoms. The fraction of sp³-hybridized carbons (Fsp3) is 0.385. The average Bonchev–Trinajstić information content (AvgIpc) is 2.18. The Morgan fingerprint density at radius 3 is 2.29 bits per heavy atom. The van der Waals surface area contributed by atoms with Crippen LogP contribution in [0.5, 0.6) is 0 Å². The van der Waals surface area contributed by atoms with Crippen LogP contribution >= 0.6 is 11.6 Å². The van der Waals surface area contributed by atoms with Gasteiger partial charge in [0.2, 0.25) is 0 Å². The molecular weight excluding hydrogens is 192 g/mol. The van der Waals surface area contributed by atoms with Crippen molar-refractivity contribution in [3.63, 3.8) is 0 Å². The maximum atomic E-state index is 5.85. The lowest BCUT2D eigenvalue weighted by molar-refractivity contribution is 1.11. The van der Waals surface area contributed by atoms with Crippen molar-refractivity contribution in [3.05, 3.63) is 40.5 Å². The molecule has 1 aromatic carbocycles. The molecule has 0 N–H and O–H groups in total. The molecule has 1 rings (SSSR count). The van der Waals surface area contributed by atoms with Gasteiger partial charge in [0.15, 0.2) is 0 Å². The Balaban J connectivity index is 3.12. The van der Waals surface area contributed by atoms with Gasteiger partial charge >= 0.3 is 0 Å². The molecule has 0 nitrogen and oxygen atoms in total. The van der Waals surface area contributed by atoms with Gasteiger partial charge in [-0.15, -0.1) is 11.6 Å². The summed E-state index contributed by atoms with van der Waals surface area (Å²) in [5.74, 6) is 0.629. The largest absolute Gasteiger partial charge is 0.122 e. The molecule has 1 aromatic rings. The van der Waals surface area contributed by atoms with E-state index in [1.807, 2.05) is 0 Å². The van der Waals surface area contributed by atoms with Crippen LogP contribution < -0.4 is 0 Å². The van der Waals surface area contributed by atoms with Gasteiger partial charge in [0.05, 0.1) is 0 Å². The van der Waals surface area contributed by atoms with E-state index in [1.54, 1.807) is 0 Å². The topological polar surface area (TPSA) is 0 Å². The summed E-state index contributed by atoms with van der Waals surface area (Å²) in [6, 6.07) is 6.37. The van der Waals surface area contributed by atoms with Gasteiger partial charge in [-0.1, -0.05) is 36.8 Å².